The predicted molar refractivity (Wildman–Crippen MR) is 92.7 cm³/mol. The van der Waals surface area contributed by atoms with Crippen molar-refractivity contribution in [3.63, 3.8) is 0 Å². The van der Waals surface area contributed by atoms with Crippen molar-refractivity contribution >= 4 is 24.0 Å². The van der Waals surface area contributed by atoms with Crippen molar-refractivity contribution in [2.75, 3.05) is 11.9 Å². The zero-order valence-corrected chi connectivity index (χ0v) is 14.4. The van der Waals surface area contributed by atoms with Crippen molar-refractivity contribution in [3.05, 3.63) is 48.2 Å². The molecule has 1 aromatic carbocycles. The quantitative estimate of drug-likeness (QED) is 0.832. The maximum atomic E-state index is 12.5. The van der Waals surface area contributed by atoms with Crippen LogP contribution in [0.4, 0.5) is 18.9 Å². The monoisotopic (exact) mass is 387 g/mol. The minimum atomic E-state index is -4.38. The number of anilines is 1. The Morgan fingerprint density at radius 2 is 1.92 bits per heavy atom. The van der Waals surface area contributed by atoms with Gasteiger partial charge < -0.3 is 15.4 Å². The molecule has 0 saturated carbocycles. The molecule has 3 rings (SSSR count). The summed E-state index contributed by atoms with van der Waals surface area (Å²) in [6, 6.07) is 7.31. The van der Waals surface area contributed by atoms with Crippen molar-refractivity contribution in [2.24, 2.45) is 0 Å². The zero-order valence-electron chi connectivity index (χ0n) is 13.5. The lowest BCUT2D eigenvalue weighted by molar-refractivity contribution is -0.137. The highest BCUT2D eigenvalue weighted by Gasteiger charge is 2.30. The van der Waals surface area contributed by atoms with Crippen LogP contribution in [0.2, 0.25) is 0 Å². The van der Waals surface area contributed by atoms with E-state index in [0.717, 1.165) is 31.5 Å². The second kappa shape index (κ2) is 8.37. The summed E-state index contributed by atoms with van der Waals surface area (Å²) in [5.41, 5.74) is -0.218. The lowest BCUT2D eigenvalue weighted by atomic mass is 10.2. The van der Waals surface area contributed by atoms with E-state index in [4.69, 9.17) is 4.74 Å². The first kappa shape index (κ1) is 20.0. The molecule has 1 aromatic heterocycles. The normalized spacial score (nSPS) is 16.7. The molecule has 1 saturated heterocycles. The maximum Gasteiger partial charge on any atom is 0.416 e. The van der Waals surface area contributed by atoms with Crippen LogP contribution in [0.25, 0.3) is 0 Å². The Labute approximate surface area is 154 Å². The van der Waals surface area contributed by atoms with E-state index < -0.39 is 11.7 Å². The fourth-order valence-electron chi connectivity index (χ4n) is 2.49. The number of rotatable bonds is 4. The molecule has 0 radical (unpaired) electrons. The van der Waals surface area contributed by atoms with Crippen molar-refractivity contribution in [2.45, 2.75) is 25.1 Å². The Morgan fingerprint density at radius 3 is 2.46 bits per heavy atom. The summed E-state index contributed by atoms with van der Waals surface area (Å²) < 4.78 is 42.9. The Hall–Kier alpha value is -2.32. The summed E-state index contributed by atoms with van der Waals surface area (Å²) in [7, 11) is 0. The molecular weight excluding hydrogens is 371 g/mol. The van der Waals surface area contributed by atoms with Gasteiger partial charge in [-0.2, -0.15) is 13.2 Å². The molecule has 1 unspecified atom stereocenters. The van der Waals surface area contributed by atoms with Gasteiger partial charge in [-0.05, 0) is 49.7 Å². The molecule has 26 heavy (non-hydrogen) atoms. The first-order valence-corrected chi connectivity index (χ1v) is 7.77. The summed E-state index contributed by atoms with van der Waals surface area (Å²) in [5.74, 6) is 0.347. The number of hydrogen-bond donors (Lipinski definition) is 2. The summed E-state index contributed by atoms with van der Waals surface area (Å²) in [5, 5.41) is 5.85. The Morgan fingerprint density at radius 1 is 1.19 bits per heavy atom. The van der Waals surface area contributed by atoms with Crippen LogP contribution >= 0.6 is 12.4 Å². The summed E-state index contributed by atoms with van der Waals surface area (Å²) in [6.07, 6.45) is -1.18. The SMILES string of the molecule is Cl.O=C(Nc1ccc(Oc2ccc(C(F)(F)F)cc2)nc1)C1CCCN1. The lowest BCUT2D eigenvalue weighted by Crippen LogP contribution is -2.35. The Balaban J connectivity index is 0.00000243. The van der Waals surface area contributed by atoms with Crippen molar-refractivity contribution in [3.8, 4) is 11.6 Å². The molecule has 2 aromatic rings. The van der Waals surface area contributed by atoms with Crippen molar-refractivity contribution in [1.29, 1.82) is 0 Å². The van der Waals surface area contributed by atoms with Gasteiger partial charge in [-0.1, -0.05) is 0 Å². The fraction of sp³-hybridized carbons (Fsp3) is 0.294. The largest absolute Gasteiger partial charge is 0.439 e. The molecule has 140 valence electrons. The number of carbonyl (C=O) groups excluding carboxylic acids is 1. The molecule has 1 atom stereocenters. The molecule has 2 heterocycles. The van der Waals surface area contributed by atoms with E-state index in [1.54, 1.807) is 6.07 Å². The maximum absolute atomic E-state index is 12.5. The van der Waals surface area contributed by atoms with Gasteiger partial charge in [0.15, 0.2) is 0 Å². The number of ether oxygens (including phenoxy) is 1. The number of nitrogens with one attached hydrogen (secondary N) is 2. The average Bonchev–Trinajstić information content (AvgIpc) is 3.11. The summed E-state index contributed by atoms with van der Waals surface area (Å²) in [4.78, 5) is 16.0. The van der Waals surface area contributed by atoms with Crippen LogP contribution in [0.1, 0.15) is 18.4 Å². The van der Waals surface area contributed by atoms with Gasteiger partial charge in [-0.25, -0.2) is 4.98 Å². The lowest BCUT2D eigenvalue weighted by Gasteiger charge is -2.11. The van der Waals surface area contributed by atoms with Crippen LogP contribution in [0.3, 0.4) is 0 Å². The van der Waals surface area contributed by atoms with Gasteiger partial charge in [-0.3, -0.25) is 4.79 Å². The minimum absolute atomic E-state index is 0. The van der Waals surface area contributed by atoms with Crippen LogP contribution in [0, 0.1) is 0 Å². The molecule has 5 nitrogen and oxygen atoms in total. The minimum Gasteiger partial charge on any atom is -0.439 e. The van der Waals surface area contributed by atoms with E-state index >= 15 is 0 Å². The van der Waals surface area contributed by atoms with E-state index in [9.17, 15) is 18.0 Å². The Kier molecular flexibility index (Phi) is 6.44. The smallest absolute Gasteiger partial charge is 0.416 e. The molecule has 0 bridgehead atoms. The van der Waals surface area contributed by atoms with Crippen LogP contribution in [0.5, 0.6) is 11.6 Å². The highest BCUT2D eigenvalue weighted by Crippen LogP contribution is 2.31. The van der Waals surface area contributed by atoms with Gasteiger partial charge >= 0.3 is 6.18 Å². The highest BCUT2D eigenvalue weighted by molar-refractivity contribution is 5.94. The van der Waals surface area contributed by atoms with Gasteiger partial charge in [0.25, 0.3) is 0 Å². The van der Waals surface area contributed by atoms with Crippen molar-refractivity contribution in [1.82, 2.24) is 10.3 Å². The summed E-state index contributed by atoms with van der Waals surface area (Å²) >= 11 is 0. The molecule has 1 aliphatic heterocycles. The number of nitrogens with zero attached hydrogens (tertiary/aromatic N) is 1. The third kappa shape index (κ3) is 5.09. The number of aromatic nitrogens is 1. The standard InChI is InChI=1S/C17H16F3N3O2.ClH/c18-17(19,20)11-3-6-13(7-4-11)25-15-8-5-12(10-22-15)23-16(24)14-2-1-9-21-14;/h3-8,10,14,21H,1-2,9H2,(H,23,24);1H. The van der Waals surface area contributed by atoms with Gasteiger partial charge in [-0.15, -0.1) is 12.4 Å². The van der Waals surface area contributed by atoms with E-state index in [0.29, 0.717) is 5.69 Å². The first-order chi connectivity index (χ1) is 11.9. The van der Waals surface area contributed by atoms with E-state index in [1.165, 1.54) is 24.4 Å². The third-order valence-corrected chi connectivity index (χ3v) is 3.78. The number of pyridine rings is 1. The van der Waals surface area contributed by atoms with E-state index in [2.05, 4.69) is 15.6 Å². The van der Waals surface area contributed by atoms with Crippen LogP contribution in [0.15, 0.2) is 42.6 Å². The number of alkyl halides is 3. The molecule has 2 N–H and O–H groups in total. The van der Waals surface area contributed by atoms with Crippen LogP contribution in [-0.4, -0.2) is 23.5 Å². The topological polar surface area (TPSA) is 63.2 Å². The molecule has 0 spiro atoms. The zero-order chi connectivity index (χ0) is 17.9. The number of amides is 1. The van der Waals surface area contributed by atoms with Crippen LogP contribution in [-0.2, 0) is 11.0 Å². The van der Waals surface area contributed by atoms with E-state index in [1.807, 2.05) is 0 Å². The fourth-order valence-corrected chi connectivity index (χ4v) is 2.49. The van der Waals surface area contributed by atoms with Gasteiger partial charge in [0, 0.05) is 6.07 Å². The van der Waals surface area contributed by atoms with Gasteiger partial charge in [0.2, 0.25) is 11.8 Å². The molecule has 1 fully saturated rings. The number of benzene rings is 1. The van der Waals surface area contributed by atoms with Gasteiger partial charge in [0.1, 0.15) is 5.75 Å². The average molecular weight is 388 g/mol. The van der Waals surface area contributed by atoms with Crippen molar-refractivity contribution < 1.29 is 22.7 Å². The number of hydrogen-bond acceptors (Lipinski definition) is 4. The third-order valence-electron chi connectivity index (χ3n) is 3.78. The molecular formula is C17H17ClF3N3O2. The number of carbonyl (C=O) groups is 1. The second-order valence-corrected chi connectivity index (χ2v) is 5.65. The Bertz CT molecular complexity index is 730. The first-order valence-electron chi connectivity index (χ1n) is 7.77. The molecule has 1 amide bonds. The molecule has 9 heteroatoms. The predicted octanol–water partition coefficient (Wildman–Crippen LogP) is 4.01. The molecule has 1 aliphatic rings. The van der Waals surface area contributed by atoms with Gasteiger partial charge in [0.05, 0.1) is 23.5 Å². The molecule has 0 aliphatic carbocycles. The van der Waals surface area contributed by atoms with Crippen LogP contribution < -0.4 is 15.4 Å². The highest BCUT2D eigenvalue weighted by atomic mass is 35.5. The number of halogens is 4. The van der Waals surface area contributed by atoms with E-state index in [-0.39, 0.29) is 36.0 Å². The summed E-state index contributed by atoms with van der Waals surface area (Å²) in [6.45, 7) is 0.830. The second-order valence-electron chi connectivity index (χ2n) is 5.65.